The van der Waals surface area contributed by atoms with Gasteiger partial charge in [0.15, 0.2) is 0 Å². The molecule has 2 heterocycles. The Kier molecular flexibility index (Phi) is 7.26. The summed E-state index contributed by atoms with van der Waals surface area (Å²) in [6, 6.07) is 17.9. The van der Waals surface area contributed by atoms with Crippen molar-refractivity contribution in [3.63, 3.8) is 0 Å². The van der Waals surface area contributed by atoms with E-state index in [1.807, 2.05) is 24.3 Å². The maximum atomic E-state index is 13.0. The summed E-state index contributed by atoms with van der Waals surface area (Å²) >= 11 is 13.0. The molecule has 1 saturated carbocycles. The van der Waals surface area contributed by atoms with Crippen molar-refractivity contribution in [2.45, 2.75) is 45.1 Å². The predicted octanol–water partition coefficient (Wildman–Crippen LogP) is 7.89. The number of fused-ring (bicyclic) bond motifs is 1. The first-order valence-electron chi connectivity index (χ1n) is 13.2. The molecule has 3 aromatic carbocycles. The SMILES string of the molecule is CCOC(=O)c1cccc(N2C(=O)CCc3cc(OCc4c(-c5c(Cl)cccc5Cl)noc4C4CC4)ccc32)c1. The van der Waals surface area contributed by atoms with Crippen molar-refractivity contribution in [1.29, 1.82) is 0 Å². The number of aryl methyl sites for hydroxylation is 1. The summed E-state index contributed by atoms with van der Waals surface area (Å²) in [5, 5.41) is 5.32. The van der Waals surface area contributed by atoms with Gasteiger partial charge in [0.2, 0.25) is 5.91 Å². The molecule has 2 aliphatic rings. The predicted molar refractivity (Wildman–Crippen MR) is 153 cm³/mol. The highest BCUT2D eigenvalue weighted by atomic mass is 35.5. The number of hydrogen-bond donors (Lipinski definition) is 0. The smallest absolute Gasteiger partial charge is 0.338 e. The van der Waals surface area contributed by atoms with E-state index >= 15 is 0 Å². The van der Waals surface area contributed by atoms with Crippen LogP contribution in [0.4, 0.5) is 11.4 Å². The molecule has 0 atom stereocenters. The second-order valence-corrected chi connectivity index (χ2v) is 10.6. The van der Waals surface area contributed by atoms with E-state index < -0.39 is 5.97 Å². The highest BCUT2D eigenvalue weighted by molar-refractivity contribution is 6.39. The van der Waals surface area contributed by atoms with E-state index in [1.54, 1.807) is 48.2 Å². The molecule has 9 heteroatoms. The summed E-state index contributed by atoms with van der Waals surface area (Å²) in [6.45, 7) is 2.27. The highest BCUT2D eigenvalue weighted by Crippen LogP contribution is 2.46. The first-order chi connectivity index (χ1) is 19.4. The van der Waals surface area contributed by atoms with Crippen LogP contribution in [-0.2, 0) is 22.6 Å². The third kappa shape index (κ3) is 5.07. The van der Waals surface area contributed by atoms with Crippen molar-refractivity contribution in [1.82, 2.24) is 5.16 Å². The van der Waals surface area contributed by atoms with Crippen molar-refractivity contribution in [2.75, 3.05) is 11.5 Å². The summed E-state index contributed by atoms with van der Waals surface area (Å²) in [5.41, 5.74) is 4.80. The molecule has 6 rings (SSSR count). The second kappa shape index (κ2) is 11.0. The van der Waals surface area contributed by atoms with E-state index in [4.69, 9.17) is 37.2 Å². The van der Waals surface area contributed by atoms with Gasteiger partial charge >= 0.3 is 5.97 Å². The van der Waals surface area contributed by atoms with Crippen molar-refractivity contribution in [2.24, 2.45) is 0 Å². The van der Waals surface area contributed by atoms with Gasteiger partial charge < -0.3 is 14.0 Å². The van der Waals surface area contributed by atoms with Crippen LogP contribution in [0.1, 0.15) is 59.3 Å². The minimum atomic E-state index is -0.422. The average Bonchev–Trinajstić information content (AvgIpc) is 3.72. The molecule has 204 valence electrons. The molecule has 7 nitrogen and oxygen atoms in total. The van der Waals surface area contributed by atoms with Gasteiger partial charge in [0.05, 0.1) is 33.5 Å². The van der Waals surface area contributed by atoms with E-state index in [1.165, 1.54) is 0 Å². The van der Waals surface area contributed by atoms with Crippen LogP contribution < -0.4 is 9.64 Å². The first-order valence-corrected chi connectivity index (χ1v) is 14.0. The lowest BCUT2D eigenvalue weighted by molar-refractivity contribution is -0.118. The minimum absolute atomic E-state index is 0.0398. The number of rotatable bonds is 8. The van der Waals surface area contributed by atoms with Gasteiger partial charge in [-0.1, -0.05) is 40.5 Å². The Bertz CT molecular complexity index is 1590. The molecule has 1 aliphatic carbocycles. The molecule has 1 aromatic heterocycles. The van der Waals surface area contributed by atoms with Crippen LogP contribution in [0.3, 0.4) is 0 Å². The van der Waals surface area contributed by atoms with E-state index in [0.29, 0.717) is 57.1 Å². The number of hydrogen-bond acceptors (Lipinski definition) is 6. The lowest BCUT2D eigenvalue weighted by Crippen LogP contribution is -2.31. The van der Waals surface area contributed by atoms with E-state index in [2.05, 4.69) is 5.16 Å². The average molecular weight is 577 g/mol. The summed E-state index contributed by atoms with van der Waals surface area (Å²) in [7, 11) is 0. The van der Waals surface area contributed by atoms with Gasteiger partial charge in [0.1, 0.15) is 23.8 Å². The lowest BCUT2D eigenvalue weighted by atomic mass is 9.99. The zero-order valence-electron chi connectivity index (χ0n) is 21.8. The van der Waals surface area contributed by atoms with E-state index in [-0.39, 0.29) is 19.1 Å². The number of halogens is 2. The van der Waals surface area contributed by atoms with Gasteiger partial charge in [-0.3, -0.25) is 9.69 Å². The first kappa shape index (κ1) is 26.4. The number of benzene rings is 3. The number of anilines is 2. The lowest BCUT2D eigenvalue weighted by Gasteiger charge is -2.30. The number of carbonyl (C=O) groups is 2. The number of carbonyl (C=O) groups excluding carboxylic acids is 2. The second-order valence-electron chi connectivity index (χ2n) is 9.82. The van der Waals surface area contributed by atoms with Crippen LogP contribution in [0.5, 0.6) is 5.75 Å². The third-order valence-electron chi connectivity index (χ3n) is 7.11. The van der Waals surface area contributed by atoms with Crippen LogP contribution in [0, 0.1) is 0 Å². The summed E-state index contributed by atoms with van der Waals surface area (Å²) in [6.07, 6.45) is 3.00. The number of aromatic nitrogens is 1. The standard InChI is InChI=1S/C31H26Cl2N2O5/c1-2-38-31(37)20-5-3-6-21(15-20)35-26-13-12-22(16-19(26)11-14-27(35)36)39-17-23-29(34-40-30(23)18-9-10-18)28-24(32)7-4-8-25(28)33/h3-8,12-13,15-16,18H,2,9-11,14,17H2,1H3. The molecule has 0 unspecified atom stereocenters. The molecule has 0 spiro atoms. The van der Waals surface area contributed by atoms with Crippen LogP contribution in [0.25, 0.3) is 11.3 Å². The molecule has 0 bridgehead atoms. The Hall–Kier alpha value is -3.81. The number of ether oxygens (including phenoxy) is 2. The number of amides is 1. The molecule has 0 radical (unpaired) electrons. The zero-order chi connectivity index (χ0) is 27.8. The van der Waals surface area contributed by atoms with Crippen molar-refractivity contribution in [3.8, 4) is 17.0 Å². The topological polar surface area (TPSA) is 81.9 Å². The van der Waals surface area contributed by atoms with Gasteiger partial charge in [-0.05, 0) is 80.3 Å². The zero-order valence-corrected chi connectivity index (χ0v) is 23.3. The molecule has 0 N–H and O–H groups in total. The van der Waals surface area contributed by atoms with Gasteiger partial charge in [0, 0.05) is 23.6 Å². The van der Waals surface area contributed by atoms with Crippen molar-refractivity contribution < 1.29 is 23.6 Å². The van der Waals surface area contributed by atoms with Gasteiger partial charge in [-0.2, -0.15) is 0 Å². The molecule has 0 saturated heterocycles. The van der Waals surface area contributed by atoms with Crippen LogP contribution >= 0.6 is 23.2 Å². The molecule has 40 heavy (non-hydrogen) atoms. The quantitative estimate of drug-likeness (QED) is 0.198. The minimum Gasteiger partial charge on any atom is -0.489 e. The number of esters is 1. The van der Waals surface area contributed by atoms with E-state index in [0.717, 1.165) is 35.4 Å². The number of nitrogens with zero attached hydrogens (tertiary/aromatic N) is 2. The maximum Gasteiger partial charge on any atom is 0.338 e. The highest BCUT2D eigenvalue weighted by Gasteiger charge is 2.34. The molecule has 1 fully saturated rings. The fourth-order valence-electron chi connectivity index (χ4n) is 5.03. The summed E-state index contributed by atoms with van der Waals surface area (Å²) in [4.78, 5) is 26.9. The molecular weight excluding hydrogens is 551 g/mol. The monoisotopic (exact) mass is 576 g/mol. The Morgan fingerprint density at radius 1 is 1.05 bits per heavy atom. The van der Waals surface area contributed by atoms with Gasteiger partial charge in [-0.15, -0.1) is 0 Å². The maximum absolute atomic E-state index is 13.0. The molecular formula is C31H26Cl2N2O5. The summed E-state index contributed by atoms with van der Waals surface area (Å²) < 4.78 is 17.2. The Morgan fingerprint density at radius 2 is 1.82 bits per heavy atom. The molecule has 1 amide bonds. The van der Waals surface area contributed by atoms with Crippen LogP contribution in [0.2, 0.25) is 10.0 Å². The fourth-order valence-corrected chi connectivity index (χ4v) is 5.61. The van der Waals surface area contributed by atoms with Crippen molar-refractivity contribution >= 4 is 46.5 Å². The largest absolute Gasteiger partial charge is 0.489 e. The Morgan fingerprint density at radius 3 is 2.58 bits per heavy atom. The van der Waals surface area contributed by atoms with Crippen LogP contribution in [-0.4, -0.2) is 23.6 Å². The van der Waals surface area contributed by atoms with Crippen molar-refractivity contribution in [3.05, 3.63) is 93.2 Å². The molecule has 4 aromatic rings. The molecule has 1 aliphatic heterocycles. The fraction of sp³-hybridized carbons (Fsp3) is 0.258. The third-order valence-corrected chi connectivity index (χ3v) is 7.74. The van der Waals surface area contributed by atoms with Crippen LogP contribution in [0.15, 0.2) is 65.2 Å². The van der Waals surface area contributed by atoms with E-state index in [9.17, 15) is 9.59 Å². The normalized spacial score (nSPS) is 14.7. The summed E-state index contributed by atoms with van der Waals surface area (Å²) in [5.74, 6) is 1.32. The Labute approximate surface area is 241 Å². The van der Waals surface area contributed by atoms with Gasteiger partial charge in [0.25, 0.3) is 0 Å². The van der Waals surface area contributed by atoms with Gasteiger partial charge in [-0.25, -0.2) is 4.79 Å². The Balaban J connectivity index is 1.28.